The Morgan fingerprint density at radius 2 is 1.84 bits per heavy atom. The molecule has 0 spiro atoms. The molecule has 1 amide bonds. The molecule has 0 atom stereocenters. The van der Waals surface area contributed by atoms with E-state index in [4.69, 9.17) is 4.74 Å². The fourth-order valence-electron chi connectivity index (χ4n) is 3.29. The van der Waals surface area contributed by atoms with Crippen LogP contribution in [0.2, 0.25) is 0 Å². The SMILES string of the molecule is COCCN(Cc1cccn1Cc1cccc(C(F)(F)F)c1)C(=O)C=Cc1ccccc1. The number of amides is 1. The van der Waals surface area contributed by atoms with E-state index >= 15 is 0 Å². The van der Waals surface area contributed by atoms with Crippen LogP contribution in [0, 0.1) is 0 Å². The van der Waals surface area contributed by atoms with Gasteiger partial charge in [-0.15, -0.1) is 0 Å². The van der Waals surface area contributed by atoms with Crippen LogP contribution in [0.1, 0.15) is 22.4 Å². The summed E-state index contributed by atoms with van der Waals surface area (Å²) in [5.41, 5.74) is 1.60. The molecule has 0 bridgehead atoms. The quantitative estimate of drug-likeness (QED) is 0.425. The Balaban J connectivity index is 1.75. The lowest BCUT2D eigenvalue weighted by molar-refractivity contribution is -0.137. The minimum atomic E-state index is -4.38. The number of hydrogen-bond acceptors (Lipinski definition) is 2. The van der Waals surface area contributed by atoms with Crippen molar-refractivity contribution >= 4 is 12.0 Å². The van der Waals surface area contributed by atoms with Gasteiger partial charge in [0.2, 0.25) is 5.91 Å². The van der Waals surface area contributed by atoms with Crippen LogP contribution in [0.25, 0.3) is 6.08 Å². The monoisotopic (exact) mass is 442 g/mol. The van der Waals surface area contributed by atoms with Crippen molar-refractivity contribution in [3.63, 3.8) is 0 Å². The van der Waals surface area contributed by atoms with Crippen molar-refractivity contribution in [1.29, 1.82) is 0 Å². The summed E-state index contributed by atoms with van der Waals surface area (Å²) < 4.78 is 46.1. The fraction of sp³-hybridized carbons (Fsp3) is 0.240. The number of alkyl halides is 3. The highest BCUT2D eigenvalue weighted by atomic mass is 19.4. The van der Waals surface area contributed by atoms with Gasteiger partial charge in [0, 0.05) is 38.2 Å². The first-order valence-corrected chi connectivity index (χ1v) is 10.2. The number of halogens is 3. The molecular weight excluding hydrogens is 417 g/mol. The van der Waals surface area contributed by atoms with Crippen molar-refractivity contribution < 1.29 is 22.7 Å². The Kier molecular flexibility index (Phi) is 7.89. The van der Waals surface area contributed by atoms with Gasteiger partial charge in [0.1, 0.15) is 0 Å². The maximum Gasteiger partial charge on any atom is 0.416 e. The summed E-state index contributed by atoms with van der Waals surface area (Å²) in [7, 11) is 1.57. The molecule has 0 fully saturated rings. The average Bonchev–Trinajstić information content (AvgIpc) is 3.21. The molecule has 4 nitrogen and oxygen atoms in total. The van der Waals surface area contributed by atoms with Gasteiger partial charge in [0.15, 0.2) is 0 Å². The van der Waals surface area contributed by atoms with Gasteiger partial charge in [-0.25, -0.2) is 0 Å². The van der Waals surface area contributed by atoms with Crippen LogP contribution in [0.15, 0.2) is 79.0 Å². The van der Waals surface area contributed by atoms with E-state index in [-0.39, 0.29) is 12.5 Å². The number of carbonyl (C=O) groups is 1. The molecule has 32 heavy (non-hydrogen) atoms. The molecule has 0 saturated carbocycles. The predicted octanol–water partition coefficient (Wildman–Crippen LogP) is 5.24. The van der Waals surface area contributed by atoms with E-state index < -0.39 is 11.7 Å². The molecule has 3 aromatic rings. The first-order valence-electron chi connectivity index (χ1n) is 10.2. The van der Waals surface area contributed by atoms with Crippen LogP contribution in [-0.4, -0.2) is 35.6 Å². The van der Waals surface area contributed by atoms with E-state index in [2.05, 4.69) is 0 Å². The van der Waals surface area contributed by atoms with Crippen LogP contribution >= 0.6 is 0 Å². The molecule has 0 aliphatic rings. The van der Waals surface area contributed by atoms with Crippen molar-refractivity contribution in [2.75, 3.05) is 20.3 Å². The number of benzene rings is 2. The van der Waals surface area contributed by atoms with Crippen LogP contribution in [0.5, 0.6) is 0 Å². The Morgan fingerprint density at radius 3 is 2.56 bits per heavy atom. The summed E-state index contributed by atoms with van der Waals surface area (Å²) in [5.74, 6) is -0.169. The van der Waals surface area contributed by atoms with E-state index in [9.17, 15) is 18.0 Å². The molecule has 0 saturated heterocycles. The average molecular weight is 442 g/mol. The summed E-state index contributed by atoms with van der Waals surface area (Å²) >= 11 is 0. The largest absolute Gasteiger partial charge is 0.416 e. The summed E-state index contributed by atoms with van der Waals surface area (Å²) in [6.45, 7) is 1.36. The highest BCUT2D eigenvalue weighted by molar-refractivity contribution is 5.91. The summed E-state index contributed by atoms with van der Waals surface area (Å²) in [6.07, 6.45) is 0.688. The molecule has 0 radical (unpaired) electrons. The van der Waals surface area contributed by atoms with E-state index in [1.807, 2.05) is 47.0 Å². The van der Waals surface area contributed by atoms with Gasteiger partial charge < -0.3 is 14.2 Å². The molecule has 0 aliphatic heterocycles. The number of carbonyl (C=O) groups excluding carboxylic acids is 1. The van der Waals surface area contributed by atoms with Gasteiger partial charge in [-0.2, -0.15) is 13.2 Å². The molecule has 1 heterocycles. The standard InChI is InChI=1S/C25H25F3N2O2/c1-32-16-15-30(24(31)13-12-20-7-3-2-4-8-20)19-23-11-6-14-29(23)18-21-9-5-10-22(17-21)25(26,27)28/h2-14,17H,15-16,18-19H2,1H3. The third-order valence-electron chi connectivity index (χ3n) is 4.98. The molecule has 168 valence electrons. The van der Waals surface area contributed by atoms with E-state index in [1.165, 1.54) is 12.1 Å². The smallest absolute Gasteiger partial charge is 0.383 e. The molecule has 1 aromatic heterocycles. The minimum Gasteiger partial charge on any atom is -0.383 e. The zero-order valence-corrected chi connectivity index (χ0v) is 17.8. The Hall–Kier alpha value is -3.32. The third-order valence-corrected chi connectivity index (χ3v) is 4.98. The van der Waals surface area contributed by atoms with Gasteiger partial charge in [0.25, 0.3) is 0 Å². The first kappa shape index (κ1) is 23.3. The summed E-state index contributed by atoms with van der Waals surface area (Å²) in [6, 6.07) is 18.5. The Morgan fingerprint density at radius 1 is 1.06 bits per heavy atom. The van der Waals surface area contributed by atoms with Crippen molar-refractivity contribution in [3.8, 4) is 0 Å². The zero-order valence-electron chi connectivity index (χ0n) is 17.8. The molecule has 7 heteroatoms. The Bertz CT molecular complexity index is 1040. The second kappa shape index (κ2) is 10.8. The van der Waals surface area contributed by atoms with Crippen LogP contribution in [0.4, 0.5) is 13.2 Å². The highest BCUT2D eigenvalue weighted by Crippen LogP contribution is 2.29. The topological polar surface area (TPSA) is 34.5 Å². The Labute approximate surface area is 185 Å². The minimum absolute atomic E-state index is 0.169. The van der Waals surface area contributed by atoms with Gasteiger partial charge in [-0.05, 0) is 41.5 Å². The van der Waals surface area contributed by atoms with Crippen molar-refractivity contribution in [2.45, 2.75) is 19.3 Å². The second-order valence-corrected chi connectivity index (χ2v) is 7.32. The summed E-state index contributed by atoms with van der Waals surface area (Å²) in [5, 5.41) is 0. The lowest BCUT2D eigenvalue weighted by Gasteiger charge is -2.22. The maximum atomic E-state index is 13.0. The van der Waals surface area contributed by atoms with Crippen molar-refractivity contribution in [1.82, 2.24) is 9.47 Å². The molecular formula is C25H25F3N2O2. The molecule has 0 unspecified atom stereocenters. The summed E-state index contributed by atoms with van der Waals surface area (Å²) in [4.78, 5) is 14.5. The first-order chi connectivity index (χ1) is 15.4. The fourth-order valence-corrected chi connectivity index (χ4v) is 3.29. The molecule has 0 N–H and O–H groups in total. The lowest BCUT2D eigenvalue weighted by Crippen LogP contribution is -2.33. The maximum absolute atomic E-state index is 13.0. The van der Waals surface area contributed by atoms with E-state index in [0.717, 1.165) is 23.4 Å². The second-order valence-electron chi connectivity index (χ2n) is 7.32. The number of methoxy groups -OCH3 is 1. The zero-order chi connectivity index (χ0) is 23.0. The normalized spacial score (nSPS) is 11.8. The van der Waals surface area contributed by atoms with Crippen LogP contribution < -0.4 is 0 Å². The van der Waals surface area contributed by atoms with Gasteiger partial charge in [-0.3, -0.25) is 4.79 Å². The number of ether oxygens (including phenoxy) is 1. The number of hydrogen-bond donors (Lipinski definition) is 0. The van der Waals surface area contributed by atoms with Crippen molar-refractivity contribution in [2.24, 2.45) is 0 Å². The van der Waals surface area contributed by atoms with Crippen molar-refractivity contribution in [3.05, 3.63) is 101 Å². The number of rotatable bonds is 9. The molecule has 2 aromatic carbocycles. The van der Waals surface area contributed by atoms with E-state index in [0.29, 0.717) is 25.3 Å². The lowest BCUT2D eigenvalue weighted by atomic mass is 10.1. The van der Waals surface area contributed by atoms with Crippen LogP contribution in [-0.2, 0) is 28.8 Å². The number of aromatic nitrogens is 1. The van der Waals surface area contributed by atoms with Crippen LogP contribution in [0.3, 0.4) is 0 Å². The highest BCUT2D eigenvalue weighted by Gasteiger charge is 2.30. The third kappa shape index (κ3) is 6.59. The van der Waals surface area contributed by atoms with Gasteiger partial charge in [-0.1, -0.05) is 42.5 Å². The van der Waals surface area contributed by atoms with E-state index in [1.54, 1.807) is 30.3 Å². The molecule has 3 rings (SSSR count). The van der Waals surface area contributed by atoms with Gasteiger partial charge in [0.05, 0.1) is 18.7 Å². The predicted molar refractivity (Wildman–Crippen MR) is 118 cm³/mol. The van der Waals surface area contributed by atoms with Gasteiger partial charge >= 0.3 is 6.18 Å². The number of nitrogens with zero attached hydrogens (tertiary/aromatic N) is 2. The molecule has 0 aliphatic carbocycles.